The van der Waals surface area contributed by atoms with Crippen LogP contribution in [0.1, 0.15) is 31.9 Å². The Morgan fingerprint density at radius 1 is 1.47 bits per heavy atom. The number of hydrogen-bond acceptors (Lipinski definition) is 4. The summed E-state index contributed by atoms with van der Waals surface area (Å²) in [5.74, 6) is 0.801. The quantitative estimate of drug-likeness (QED) is 0.907. The number of hydrogen-bond donors (Lipinski definition) is 1. The van der Waals surface area contributed by atoms with Crippen LogP contribution in [0.2, 0.25) is 0 Å². The summed E-state index contributed by atoms with van der Waals surface area (Å²) in [5, 5.41) is 9.01. The van der Waals surface area contributed by atoms with E-state index in [4.69, 9.17) is 9.52 Å². The first-order valence-electron chi connectivity index (χ1n) is 6.34. The maximum Gasteiger partial charge on any atom is 0.247 e. The fraction of sp³-hybridized carbons (Fsp3) is 0.667. The lowest BCUT2D eigenvalue weighted by molar-refractivity contribution is 0.245. The highest BCUT2D eigenvalue weighted by Gasteiger charge is 2.30. The highest BCUT2D eigenvalue weighted by molar-refractivity contribution is 9.10. The van der Waals surface area contributed by atoms with Crippen molar-refractivity contribution in [1.82, 2.24) is 4.31 Å². The normalized spacial score (nSPS) is 22.4. The Morgan fingerprint density at radius 2 is 2.21 bits per heavy atom. The molecule has 0 spiro atoms. The van der Waals surface area contributed by atoms with Gasteiger partial charge in [-0.1, -0.05) is 6.92 Å². The summed E-state index contributed by atoms with van der Waals surface area (Å²) in [7, 11) is -3.55. The molecule has 1 aromatic rings. The Hall–Kier alpha value is -0.370. The van der Waals surface area contributed by atoms with E-state index in [1.54, 1.807) is 0 Å². The Morgan fingerprint density at radius 3 is 2.84 bits per heavy atom. The molecule has 0 aliphatic carbocycles. The highest BCUT2D eigenvalue weighted by atomic mass is 79.9. The predicted octanol–water partition coefficient (Wildman–Crippen LogP) is 2.35. The first kappa shape index (κ1) is 15.0. The van der Waals surface area contributed by atoms with E-state index >= 15 is 0 Å². The average molecular weight is 352 g/mol. The van der Waals surface area contributed by atoms with Crippen LogP contribution in [-0.4, -0.2) is 30.9 Å². The predicted molar refractivity (Wildman–Crippen MR) is 74.1 cm³/mol. The van der Waals surface area contributed by atoms with E-state index in [0.29, 0.717) is 19.0 Å². The van der Waals surface area contributed by atoms with Gasteiger partial charge in [0.15, 0.2) is 4.67 Å². The maximum absolute atomic E-state index is 12.6. The van der Waals surface area contributed by atoms with Crippen molar-refractivity contribution < 1.29 is 17.9 Å². The van der Waals surface area contributed by atoms with E-state index in [-0.39, 0.29) is 21.9 Å². The van der Waals surface area contributed by atoms with Crippen molar-refractivity contribution in [2.24, 2.45) is 5.92 Å². The Kier molecular flexibility index (Phi) is 4.70. The second kappa shape index (κ2) is 5.95. The summed E-state index contributed by atoms with van der Waals surface area (Å²) in [4.78, 5) is 0.103. The molecule has 7 heteroatoms. The number of furan rings is 1. The van der Waals surface area contributed by atoms with E-state index in [9.17, 15) is 8.42 Å². The van der Waals surface area contributed by atoms with Crippen molar-refractivity contribution >= 4 is 26.0 Å². The summed E-state index contributed by atoms with van der Waals surface area (Å²) in [6.45, 7) is 2.91. The summed E-state index contributed by atoms with van der Waals surface area (Å²) < 4.78 is 31.9. The maximum atomic E-state index is 12.6. The van der Waals surface area contributed by atoms with Gasteiger partial charge in [0.1, 0.15) is 17.3 Å². The molecule has 0 amide bonds. The van der Waals surface area contributed by atoms with Gasteiger partial charge in [-0.05, 0) is 41.1 Å². The zero-order valence-electron chi connectivity index (χ0n) is 10.8. The molecule has 1 saturated heterocycles. The summed E-state index contributed by atoms with van der Waals surface area (Å²) in [6, 6.07) is 1.38. The molecule has 2 rings (SSSR count). The molecular weight excluding hydrogens is 334 g/mol. The lowest BCUT2D eigenvalue weighted by atomic mass is 10.0. The Balaban J connectivity index is 2.28. The van der Waals surface area contributed by atoms with Crippen LogP contribution < -0.4 is 0 Å². The minimum Gasteiger partial charge on any atom is -0.450 e. The molecule has 0 radical (unpaired) electrons. The molecular formula is C12H18BrNO4S. The van der Waals surface area contributed by atoms with Crippen molar-refractivity contribution in [2.75, 3.05) is 13.1 Å². The second-order valence-electron chi connectivity index (χ2n) is 4.95. The molecule has 0 bridgehead atoms. The zero-order chi connectivity index (χ0) is 14.0. The smallest absolute Gasteiger partial charge is 0.247 e. The molecule has 1 fully saturated rings. The zero-order valence-corrected chi connectivity index (χ0v) is 13.2. The van der Waals surface area contributed by atoms with Crippen LogP contribution in [-0.2, 0) is 16.6 Å². The molecule has 19 heavy (non-hydrogen) atoms. The number of aliphatic hydroxyl groups is 1. The number of aliphatic hydroxyl groups excluding tert-OH is 1. The molecule has 1 N–H and O–H groups in total. The summed E-state index contributed by atoms with van der Waals surface area (Å²) in [6.07, 6.45) is 2.81. The van der Waals surface area contributed by atoms with Gasteiger partial charge in [0.25, 0.3) is 0 Å². The van der Waals surface area contributed by atoms with E-state index in [1.807, 2.05) is 0 Å². The van der Waals surface area contributed by atoms with Crippen LogP contribution in [0.5, 0.6) is 0 Å². The van der Waals surface area contributed by atoms with E-state index in [2.05, 4.69) is 22.9 Å². The first-order valence-corrected chi connectivity index (χ1v) is 8.57. The lowest BCUT2D eigenvalue weighted by Gasteiger charge is -2.19. The molecule has 1 unspecified atom stereocenters. The van der Waals surface area contributed by atoms with Crippen LogP contribution in [0, 0.1) is 5.92 Å². The van der Waals surface area contributed by atoms with Gasteiger partial charge in [-0.25, -0.2) is 8.42 Å². The average Bonchev–Trinajstić information content (AvgIpc) is 2.60. The molecule has 1 atom stereocenters. The third-order valence-corrected chi connectivity index (χ3v) is 6.21. The van der Waals surface area contributed by atoms with Crippen LogP contribution in [0.25, 0.3) is 0 Å². The van der Waals surface area contributed by atoms with Crippen molar-refractivity contribution in [3.63, 3.8) is 0 Å². The van der Waals surface area contributed by atoms with Crippen LogP contribution in [0.15, 0.2) is 20.0 Å². The SMILES string of the molecule is CC1CCCN(S(=O)(=O)c2cc(CO)oc2Br)CC1. The largest absolute Gasteiger partial charge is 0.450 e. The van der Waals surface area contributed by atoms with E-state index in [0.717, 1.165) is 19.3 Å². The summed E-state index contributed by atoms with van der Waals surface area (Å²) >= 11 is 3.11. The minimum atomic E-state index is -3.55. The molecule has 1 aliphatic heterocycles. The van der Waals surface area contributed by atoms with Gasteiger partial charge >= 0.3 is 0 Å². The van der Waals surface area contributed by atoms with Gasteiger partial charge in [0.2, 0.25) is 10.0 Å². The Labute approximate surface area is 121 Å². The van der Waals surface area contributed by atoms with Gasteiger partial charge < -0.3 is 9.52 Å². The fourth-order valence-corrected chi connectivity index (χ4v) is 4.72. The number of nitrogens with zero attached hydrogens (tertiary/aromatic N) is 1. The molecule has 5 nitrogen and oxygen atoms in total. The topological polar surface area (TPSA) is 70.8 Å². The van der Waals surface area contributed by atoms with Crippen LogP contribution in [0.3, 0.4) is 0 Å². The van der Waals surface area contributed by atoms with Gasteiger partial charge in [-0.3, -0.25) is 0 Å². The van der Waals surface area contributed by atoms with Crippen molar-refractivity contribution in [1.29, 1.82) is 0 Å². The first-order chi connectivity index (χ1) is 8.95. The fourth-order valence-electron chi connectivity index (χ4n) is 2.27. The lowest BCUT2D eigenvalue weighted by Crippen LogP contribution is -2.32. The number of sulfonamides is 1. The van der Waals surface area contributed by atoms with Gasteiger partial charge in [0.05, 0.1) is 0 Å². The molecule has 0 saturated carbocycles. The third-order valence-electron chi connectivity index (χ3n) is 3.46. The van der Waals surface area contributed by atoms with Gasteiger partial charge in [-0.2, -0.15) is 4.31 Å². The molecule has 0 aromatic carbocycles. The highest BCUT2D eigenvalue weighted by Crippen LogP contribution is 2.30. The molecule has 108 valence electrons. The minimum absolute atomic E-state index is 0.103. The van der Waals surface area contributed by atoms with Crippen LogP contribution >= 0.6 is 15.9 Å². The molecule has 1 aromatic heterocycles. The molecule has 2 heterocycles. The summed E-state index contributed by atoms with van der Waals surface area (Å²) in [5.41, 5.74) is 0. The van der Waals surface area contributed by atoms with Crippen molar-refractivity contribution in [2.45, 2.75) is 37.7 Å². The standard InChI is InChI=1S/C12H18BrNO4S/c1-9-3-2-5-14(6-4-9)19(16,17)11-7-10(8-15)18-12(11)13/h7,9,15H,2-6,8H2,1H3. The van der Waals surface area contributed by atoms with Crippen molar-refractivity contribution in [3.05, 3.63) is 16.5 Å². The third kappa shape index (κ3) is 3.21. The number of rotatable bonds is 3. The van der Waals surface area contributed by atoms with Gasteiger partial charge in [-0.15, -0.1) is 0 Å². The van der Waals surface area contributed by atoms with Crippen molar-refractivity contribution in [3.8, 4) is 0 Å². The second-order valence-corrected chi connectivity index (χ2v) is 7.58. The number of halogens is 1. The van der Waals surface area contributed by atoms with Crippen LogP contribution in [0.4, 0.5) is 0 Å². The Bertz CT molecular complexity index is 540. The van der Waals surface area contributed by atoms with E-state index < -0.39 is 10.0 Å². The monoisotopic (exact) mass is 351 g/mol. The van der Waals surface area contributed by atoms with E-state index in [1.165, 1.54) is 10.4 Å². The molecule has 1 aliphatic rings. The van der Waals surface area contributed by atoms with Gasteiger partial charge in [0, 0.05) is 19.2 Å².